The third-order valence-corrected chi connectivity index (χ3v) is 4.26. The van der Waals surface area contributed by atoms with Crippen molar-refractivity contribution in [1.82, 2.24) is 14.8 Å². The number of rotatable bonds is 4. The fraction of sp³-hybridized carbons (Fsp3) is 0.200. The van der Waals surface area contributed by atoms with Crippen LogP contribution < -0.4 is 5.32 Å². The summed E-state index contributed by atoms with van der Waals surface area (Å²) in [6.07, 6.45) is 2.52. The van der Waals surface area contributed by atoms with Gasteiger partial charge in [0.25, 0.3) is 10.1 Å². The molecule has 0 amide bonds. The quantitative estimate of drug-likeness (QED) is 0.362. The average molecular weight is 430 g/mol. The highest BCUT2D eigenvalue weighted by Gasteiger charge is 2.13. The third kappa shape index (κ3) is 5.16. The lowest BCUT2D eigenvalue weighted by atomic mass is 10.1. The lowest BCUT2D eigenvalue weighted by Gasteiger charge is -2.12. The monoisotopic (exact) mass is 430 g/mol. The molecule has 4 N–H and O–H groups in total. The predicted octanol–water partition coefficient (Wildman–Crippen LogP) is 3.13. The number of fused-ring (bicyclic) bond motifs is 2. The first-order valence-corrected chi connectivity index (χ1v) is 10.9. The maximum atomic E-state index is 9.89. The van der Waals surface area contributed by atoms with Gasteiger partial charge in [-0.05, 0) is 42.8 Å². The van der Waals surface area contributed by atoms with Crippen molar-refractivity contribution in [2.24, 2.45) is 0 Å². The number of pyridine rings is 1. The molecule has 9 nitrogen and oxygen atoms in total. The topological polar surface area (TPSA) is 138 Å². The van der Waals surface area contributed by atoms with Crippen molar-refractivity contribution in [1.29, 1.82) is 0 Å². The van der Waals surface area contributed by atoms with E-state index in [1.807, 2.05) is 29.8 Å². The summed E-state index contributed by atoms with van der Waals surface area (Å²) in [6.45, 7) is 3.34. The van der Waals surface area contributed by atoms with E-state index in [9.17, 15) is 18.6 Å². The molecule has 30 heavy (non-hydrogen) atoms. The molecule has 0 atom stereocenters. The maximum Gasteiger partial charge on any atom is 0.261 e. The number of anilines is 1. The predicted molar refractivity (Wildman–Crippen MR) is 115 cm³/mol. The fourth-order valence-electron chi connectivity index (χ4n) is 2.98. The highest BCUT2D eigenvalue weighted by molar-refractivity contribution is 7.85. The van der Waals surface area contributed by atoms with E-state index in [4.69, 9.17) is 9.54 Å². The Balaban J connectivity index is 0.000000461. The summed E-state index contributed by atoms with van der Waals surface area (Å²) >= 11 is 0. The van der Waals surface area contributed by atoms with Crippen molar-refractivity contribution < 1.29 is 23.2 Å². The van der Waals surface area contributed by atoms with Gasteiger partial charge >= 0.3 is 0 Å². The lowest BCUT2D eigenvalue weighted by molar-refractivity contribution is 0.475. The number of hydrogen-bond acceptors (Lipinski definition) is 7. The molecule has 0 radical (unpaired) electrons. The molecule has 0 unspecified atom stereocenters. The summed E-state index contributed by atoms with van der Waals surface area (Å²) in [5.74, 6) is 0.443. The number of aromatic hydroxyl groups is 2. The number of hydrogen-bond donors (Lipinski definition) is 4. The van der Waals surface area contributed by atoms with Crippen molar-refractivity contribution >= 4 is 37.7 Å². The molecule has 10 heteroatoms. The highest BCUT2D eigenvalue weighted by Crippen LogP contribution is 2.33. The summed E-state index contributed by atoms with van der Waals surface area (Å²) in [4.78, 5) is 4.69. The van der Waals surface area contributed by atoms with Gasteiger partial charge in [0.05, 0.1) is 29.0 Å². The second-order valence-corrected chi connectivity index (χ2v) is 8.10. The Morgan fingerprint density at radius 3 is 2.30 bits per heavy atom. The minimum absolute atomic E-state index is 0.198. The van der Waals surface area contributed by atoms with E-state index in [0.29, 0.717) is 12.8 Å². The molecule has 0 aliphatic carbocycles. The van der Waals surface area contributed by atoms with Gasteiger partial charge in [0.1, 0.15) is 11.5 Å². The summed E-state index contributed by atoms with van der Waals surface area (Å²) in [6, 6.07) is 12.2. The Kier molecular flexibility index (Phi) is 6.09. The van der Waals surface area contributed by atoms with Crippen LogP contribution in [0.2, 0.25) is 0 Å². The molecule has 2 aromatic carbocycles. The molecule has 0 fully saturated rings. The first-order valence-electron chi connectivity index (χ1n) is 9.08. The molecule has 4 aromatic rings. The molecular weight excluding hydrogens is 408 g/mol. The Labute approximate surface area is 173 Å². The number of aryl methyl sites for hydroxylation is 1. The van der Waals surface area contributed by atoms with E-state index >= 15 is 0 Å². The normalized spacial score (nSPS) is 11.3. The van der Waals surface area contributed by atoms with E-state index < -0.39 is 10.1 Å². The first-order chi connectivity index (χ1) is 14.2. The Morgan fingerprint density at radius 1 is 1.03 bits per heavy atom. The largest absolute Gasteiger partial charge is 0.508 e. The summed E-state index contributed by atoms with van der Waals surface area (Å²) in [5, 5.41) is 28.9. The van der Waals surface area contributed by atoms with Gasteiger partial charge in [-0.2, -0.15) is 13.5 Å². The molecule has 2 heterocycles. The molecule has 0 aliphatic rings. The summed E-state index contributed by atoms with van der Waals surface area (Å²) in [5.41, 5.74) is 3.55. The molecule has 0 aliphatic heterocycles. The molecule has 158 valence electrons. The van der Waals surface area contributed by atoms with Gasteiger partial charge < -0.3 is 15.5 Å². The van der Waals surface area contributed by atoms with Crippen LogP contribution in [0.1, 0.15) is 12.5 Å². The minimum Gasteiger partial charge on any atom is -0.508 e. The van der Waals surface area contributed by atoms with Crippen molar-refractivity contribution in [2.75, 3.05) is 11.6 Å². The van der Waals surface area contributed by atoms with Crippen LogP contribution in [0.15, 0.2) is 48.7 Å². The number of phenols is 2. The maximum absolute atomic E-state index is 9.89. The SMILES string of the molecule is CCn1ncc2c(NCc3ccc(O)cc3)c3cc(O)ccc3nc21.CS(=O)(=O)O. The Bertz CT molecular complexity index is 1280. The van der Waals surface area contributed by atoms with Gasteiger partial charge in [0.15, 0.2) is 5.65 Å². The van der Waals surface area contributed by atoms with Gasteiger partial charge in [0.2, 0.25) is 0 Å². The molecule has 0 saturated heterocycles. The number of phenolic OH excluding ortho intramolecular Hbond substituents is 2. The van der Waals surface area contributed by atoms with E-state index in [1.165, 1.54) is 0 Å². The standard InChI is InChI=1S/C19H18N4O2.CH4O3S/c1-2-23-19-16(11-21-23)18(15-9-14(25)7-8-17(15)22-19)20-10-12-3-5-13(24)6-4-12;1-5(2,3)4/h3-9,11,24-25H,2,10H2,1H3,(H,20,22);1H3,(H,2,3,4). The van der Waals surface area contributed by atoms with Crippen LogP contribution in [-0.2, 0) is 23.2 Å². The van der Waals surface area contributed by atoms with Gasteiger partial charge in [0, 0.05) is 18.5 Å². The van der Waals surface area contributed by atoms with Crippen LogP contribution in [0, 0.1) is 0 Å². The zero-order chi connectivity index (χ0) is 21.9. The molecular formula is C20H22N4O5S. The first kappa shape index (κ1) is 21.3. The van der Waals surface area contributed by atoms with Crippen molar-refractivity contribution in [2.45, 2.75) is 20.0 Å². The van der Waals surface area contributed by atoms with Gasteiger partial charge in [-0.25, -0.2) is 9.67 Å². The number of nitrogens with zero attached hydrogens (tertiary/aromatic N) is 3. The molecule has 0 spiro atoms. The van der Waals surface area contributed by atoms with Crippen LogP contribution in [0.4, 0.5) is 5.69 Å². The Hall–Kier alpha value is -3.37. The summed E-state index contributed by atoms with van der Waals surface area (Å²) < 4.78 is 27.7. The number of nitrogens with one attached hydrogen (secondary N) is 1. The van der Waals surface area contributed by atoms with Crippen LogP contribution in [0.25, 0.3) is 21.9 Å². The Morgan fingerprint density at radius 2 is 1.67 bits per heavy atom. The van der Waals surface area contributed by atoms with E-state index in [1.54, 1.807) is 30.5 Å². The van der Waals surface area contributed by atoms with Gasteiger partial charge in [-0.15, -0.1) is 0 Å². The molecule has 0 bridgehead atoms. The second kappa shape index (κ2) is 8.56. The lowest BCUT2D eigenvalue weighted by Crippen LogP contribution is -2.02. The summed E-state index contributed by atoms with van der Waals surface area (Å²) in [7, 11) is -3.67. The fourth-order valence-corrected chi connectivity index (χ4v) is 2.98. The molecule has 0 saturated carbocycles. The zero-order valence-electron chi connectivity index (χ0n) is 16.4. The van der Waals surface area contributed by atoms with Crippen LogP contribution in [-0.4, -0.2) is 44.2 Å². The number of aromatic nitrogens is 3. The zero-order valence-corrected chi connectivity index (χ0v) is 17.3. The van der Waals surface area contributed by atoms with E-state index in [-0.39, 0.29) is 11.5 Å². The van der Waals surface area contributed by atoms with Crippen molar-refractivity contribution in [3.8, 4) is 11.5 Å². The molecule has 4 rings (SSSR count). The number of benzene rings is 2. The van der Waals surface area contributed by atoms with Gasteiger partial charge in [-0.1, -0.05) is 12.1 Å². The average Bonchev–Trinajstić information content (AvgIpc) is 3.08. The smallest absolute Gasteiger partial charge is 0.261 e. The van der Waals surface area contributed by atoms with Crippen LogP contribution in [0.3, 0.4) is 0 Å². The van der Waals surface area contributed by atoms with E-state index in [2.05, 4.69) is 10.4 Å². The van der Waals surface area contributed by atoms with Crippen molar-refractivity contribution in [3.63, 3.8) is 0 Å². The third-order valence-electron chi connectivity index (χ3n) is 4.26. The molecule has 2 aromatic heterocycles. The van der Waals surface area contributed by atoms with Crippen LogP contribution in [0.5, 0.6) is 11.5 Å². The van der Waals surface area contributed by atoms with Crippen molar-refractivity contribution in [3.05, 3.63) is 54.2 Å². The highest BCUT2D eigenvalue weighted by atomic mass is 32.2. The van der Waals surface area contributed by atoms with Crippen LogP contribution >= 0.6 is 0 Å². The second-order valence-electron chi connectivity index (χ2n) is 6.64. The minimum atomic E-state index is -3.67. The van der Waals surface area contributed by atoms with E-state index in [0.717, 1.165) is 39.7 Å². The van der Waals surface area contributed by atoms with Gasteiger partial charge in [-0.3, -0.25) is 4.55 Å².